The van der Waals surface area contributed by atoms with E-state index in [1.165, 1.54) is 32.1 Å². The summed E-state index contributed by atoms with van der Waals surface area (Å²) in [7, 11) is 3.54. The Bertz CT molecular complexity index is 197. The molecule has 0 aliphatic heterocycles. The summed E-state index contributed by atoms with van der Waals surface area (Å²) in [6.07, 6.45) is 7.91. The molecule has 1 fully saturated rings. The summed E-state index contributed by atoms with van der Waals surface area (Å²) in [6, 6.07) is 0.793. The predicted molar refractivity (Wildman–Crippen MR) is 79.7 cm³/mol. The lowest BCUT2D eigenvalue weighted by atomic mass is 10.2. The van der Waals surface area contributed by atoms with Gasteiger partial charge in [-0.05, 0) is 38.8 Å². The molecule has 1 aliphatic rings. The van der Waals surface area contributed by atoms with Gasteiger partial charge in [-0.25, -0.2) is 0 Å². The van der Waals surface area contributed by atoms with Crippen LogP contribution in [0, 0.1) is 0 Å². The van der Waals surface area contributed by atoms with E-state index in [1.54, 1.807) is 14.2 Å². The average molecular weight is 272 g/mol. The van der Waals surface area contributed by atoms with Crippen LogP contribution in [0.3, 0.4) is 0 Å². The third-order valence-corrected chi connectivity index (χ3v) is 3.87. The zero-order valence-corrected chi connectivity index (χ0v) is 12.8. The molecule has 114 valence electrons. The molecule has 0 bridgehead atoms. The first-order chi connectivity index (χ1) is 9.36. The molecule has 4 nitrogen and oxygen atoms in total. The van der Waals surface area contributed by atoms with E-state index < -0.39 is 0 Å². The Balaban J connectivity index is 2.04. The molecular weight excluding hydrogens is 240 g/mol. The van der Waals surface area contributed by atoms with Crippen LogP contribution in [0.25, 0.3) is 0 Å². The largest absolute Gasteiger partial charge is 0.385 e. The molecule has 1 aliphatic carbocycles. The van der Waals surface area contributed by atoms with Crippen LogP contribution in [0.1, 0.15) is 38.5 Å². The van der Waals surface area contributed by atoms with Crippen molar-refractivity contribution in [3.63, 3.8) is 0 Å². The molecule has 0 aromatic rings. The van der Waals surface area contributed by atoms with Crippen molar-refractivity contribution in [1.82, 2.24) is 10.2 Å². The van der Waals surface area contributed by atoms with Crippen molar-refractivity contribution in [2.75, 3.05) is 53.6 Å². The van der Waals surface area contributed by atoms with Crippen LogP contribution in [0.15, 0.2) is 0 Å². The van der Waals surface area contributed by atoms with Crippen molar-refractivity contribution in [3.8, 4) is 0 Å². The zero-order chi connectivity index (χ0) is 13.8. The van der Waals surface area contributed by atoms with Crippen molar-refractivity contribution in [2.24, 2.45) is 0 Å². The van der Waals surface area contributed by atoms with Crippen LogP contribution in [0.4, 0.5) is 0 Å². The van der Waals surface area contributed by atoms with Gasteiger partial charge in [-0.15, -0.1) is 0 Å². The monoisotopic (exact) mass is 272 g/mol. The van der Waals surface area contributed by atoms with Crippen molar-refractivity contribution >= 4 is 0 Å². The fourth-order valence-corrected chi connectivity index (χ4v) is 2.73. The number of rotatable bonds is 12. The fourth-order valence-electron chi connectivity index (χ4n) is 2.73. The summed E-state index contributed by atoms with van der Waals surface area (Å²) in [5, 5.41) is 3.68. The van der Waals surface area contributed by atoms with Gasteiger partial charge in [-0.1, -0.05) is 12.8 Å². The number of nitrogens with one attached hydrogen (secondary N) is 1. The molecular formula is C15H32N2O2. The normalized spacial score (nSPS) is 16.6. The van der Waals surface area contributed by atoms with Crippen molar-refractivity contribution < 1.29 is 9.47 Å². The number of nitrogens with zero attached hydrogens (tertiary/aromatic N) is 1. The number of hydrogen-bond donors (Lipinski definition) is 1. The molecule has 1 N–H and O–H groups in total. The maximum Gasteiger partial charge on any atom is 0.0589 e. The van der Waals surface area contributed by atoms with Gasteiger partial charge in [0.25, 0.3) is 0 Å². The summed E-state index contributed by atoms with van der Waals surface area (Å²) < 4.78 is 10.3. The Morgan fingerprint density at radius 2 is 1.63 bits per heavy atom. The van der Waals surface area contributed by atoms with Gasteiger partial charge in [0.15, 0.2) is 0 Å². The Morgan fingerprint density at radius 3 is 2.32 bits per heavy atom. The molecule has 0 aromatic carbocycles. The number of methoxy groups -OCH3 is 2. The van der Waals surface area contributed by atoms with Crippen LogP contribution < -0.4 is 5.32 Å². The number of ether oxygens (including phenoxy) is 2. The molecule has 0 saturated heterocycles. The minimum absolute atomic E-state index is 0.793. The zero-order valence-electron chi connectivity index (χ0n) is 12.8. The second-order valence-electron chi connectivity index (χ2n) is 5.47. The molecule has 0 amide bonds. The molecule has 0 unspecified atom stereocenters. The van der Waals surface area contributed by atoms with Crippen molar-refractivity contribution in [3.05, 3.63) is 0 Å². The first-order valence-electron chi connectivity index (χ1n) is 7.80. The van der Waals surface area contributed by atoms with E-state index in [4.69, 9.17) is 9.47 Å². The Kier molecular flexibility index (Phi) is 10.4. The highest BCUT2D eigenvalue weighted by Gasteiger charge is 2.13. The highest BCUT2D eigenvalue weighted by atomic mass is 16.5. The van der Waals surface area contributed by atoms with Crippen LogP contribution >= 0.6 is 0 Å². The first kappa shape index (κ1) is 16.9. The van der Waals surface area contributed by atoms with E-state index in [9.17, 15) is 0 Å². The lowest BCUT2D eigenvalue weighted by Gasteiger charge is -2.22. The van der Waals surface area contributed by atoms with Gasteiger partial charge in [0.2, 0.25) is 0 Å². The lowest BCUT2D eigenvalue weighted by molar-refractivity contribution is 0.132. The summed E-state index contributed by atoms with van der Waals surface area (Å²) in [4.78, 5) is 2.48. The number of hydrogen-bond acceptors (Lipinski definition) is 4. The van der Waals surface area contributed by atoms with Gasteiger partial charge in [-0.3, -0.25) is 0 Å². The van der Waals surface area contributed by atoms with Crippen LogP contribution in [0.5, 0.6) is 0 Å². The Labute approximate surface area is 118 Å². The maximum atomic E-state index is 5.18. The van der Waals surface area contributed by atoms with Crippen LogP contribution in [0.2, 0.25) is 0 Å². The van der Waals surface area contributed by atoms with Gasteiger partial charge in [0, 0.05) is 40.0 Å². The van der Waals surface area contributed by atoms with E-state index >= 15 is 0 Å². The van der Waals surface area contributed by atoms with E-state index in [1.807, 2.05) is 0 Å². The summed E-state index contributed by atoms with van der Waals surface area (Å²) in [5.74, 6) is 0. The third kappa shape index (κ3) is 8.58. The average Bonchev–Trinajstić information content (AvgIpc) is 2.93. The standard InChI is InChI=1S/C15H32N2O2/c1-18-13-6-11-17(12-14-19-2)10-5-9-16-15-7-3-4-8-15/h15-16H,3-14H2,1-2H3. The third-order valence-electron chi connectivity index (χ3n) is 3.87. The van der Waals surface area contributed by atoms with E-state index in [0.717, 1.165) is 51.9 Å². The fraction of sp³-hybridized carbons (Fsp3) is 1.00. The quantitative estimate of drug-likeness (QED) is 0.550. The maximum absolute atomic E-state index is 5.18. The predicted octanol–water partition coefficient (Wildman–Crippen LogP) is 1.89. The SMILES string of the molecule is COCCCN(CCCNC1CCCC1)CCOC. The first-order valence-corrected chi connectivity index (χ1v) is 7.80. The van der Waals surface area contributed by atoms with Gasteiger partial charge in [-0.2, -0.15) is 0 Å². The van der Waals surface area contributed by atoms with Crippen LogP contribution in [-0.2, 0) is 9.47 Å². The second-order valence-corrected chi connectivity index (χ2v) is 5.47. The summed E-state index contributed by atoms with van der Waals surface area (Å²) >= 11 is 0. The highest BCUT2D eigenvalue weighted by Crippen LogP contribution is 2.17. The smallest absolute Gasteiger partial charge is 0.0589 e. The second kappa shape index (κ2) is 11.6. The molecule has 0 spiro atoms. The molecule has 19 heavy (non-hydrogen) atoms. The van der Waals surface area contributed by atoms with E-state index in [-0.39, 0.29) is 0 Å². The topological polar surface area (TPSA) is 33.7 Å². The minimum Gasteiger partial charge on any atom is -0.385 e. The van der Waals surface area contributed by atoms with Gasteiger partial charge in [0.05, 0.1) is 6.61 Å². The van der Waals surface area contributed by atoms with E-state index in [2.05, 4.69) is 10.2 Å². The summed E-state index contributed by atoms with van der Waals surface area (Å²) in [6.45, 7) is 6.13. The van der Waals surface area contributed by atoms with Crippen LogP contribution in [-0.4, -0.2) is 64.6 Å². The minimum atomic E-state index is 0.793. The molecule has 0 radical (unpaired) electrons. The van der Waals surface area contributed by atoms with E-state index in [0.29, 0.717) is 0 Å². The molecule has 1 rings (SSSR count). The Morgan fingerprint density at radius 1 is 0.947 bits per heavy atom. The molecule has 1 saturated carbocycles. The molecule has 0 aromatic heterocycles. The molecule has 0 heterocycles. The molecule has 4 heteroatoms. The molecule has 0 atom stereocenters. The van der Waals surface area contributed by atoms with Crippen molar-refractivity contribution in [2.45, 2.75) is 44.6 Å². The van der Waals surface area contributed by atoms with Gasteiger partial charge in [0.1, 0.15) is 0 Å². The van der Waals surface area contributed by atoms with Gasteiger partial charge < -0.3 is 19.7 Å². The Hall–Kier alpha value is -0.160. The highest BCUT2D eigenvalue weighted by molar-refractivity contribution is 4.73. The van der Waals surface area contributed by atoms with Gasteiger partial charge >= 0.3 is 0 Å². The van der Waals surface area contributed by atoms with Crippen molar-refractivity contribution in [1.29, 1.82) is 0 Å². The summed E-state index contributed by atoms with van der Waals surface area (Å²) in [5.41, 5.74) is 0. The lowest BCUT2D eigenvalue weighted by Crippen LogP contribution is -2.33.